The third kappa shape index (κ3) is 3.13. The number of nitrogens with zero attached hydrogens (tertiary/aromatic N) is 1. The molecular formula is C22H27N3O2. The minimum atomic E-state index is -0.115. The highest BCUT2D eigenvalue weighted by molar-refractivity contribution is 6.06. The summed E-state index contributed by atoms with van der Waals surface area (Å²) in [5.74, 6) is 2.48. The van der Waals surface area contributed by atoms with Crippen LogP contribution in [-0.4, -0.2) is 40.8 Å². The Hall–Kier alpha value is -2.30. The number of rotatable bonds is 4. The second kappa shape index (κ2) is 6.70. The first-order valence-corrected chi connectivity index (χ1v) is 10.3. The van der Waals surface area contributed by atoms with Crippen LogP contribution in [-0.2, 0) is 4.79 Å². The number of fused-ring (bicyclic) bond motifs is 2. The van der Waals surface area contributed by atoms with E-state index in [2.05, 4.69) is 15.2 Å². The number of hydrogen-bond donors (Lipinski definition) is 2. The molecule has 2 saturated carbocycles. The largest absolute Gasteiger partial charge is 0.360 e. The molecule has 4 aliphatic rings. The highest BCUT2D eigenvalue weighted by Crippen LogP contribution is 2.47. The molecule has 2 unspecified atom stereocenters. The Bertz CT molecular complexity index is 859. The van der Waals surface area contributed by atoms with Crippen LogP contribution < -0.4 is 5.32 Å². The lowest BCUT2D eigenvalue weighted by molar-refractivity contribution is -0.133. The van der Waals surface area contributed by atoms with Crippen LogP contribution in [0.15, 0.2) is 30.5 Å². The van der Waals surface area contributed by atoms with Crippen LogP contribution >= 0.6 is 0 Å². The molecule has 6 rings (SSSR count). The number of para-hydroxylation sites is 1. The van der Waals surface area contributed by atoms with E-state index in [0.29, 0.717) is 30.5 Å². The molecule has 2 aliphatic heterocycles. The number of aromatic nitrogens is 1. The zero-order valence-electron chi connectivity index (χ0n) is 15.6. The smallest absolute Gasteiger partial charge is 0.253 e. The van der Waals surface area contributed by atoms with Gasteiger partial charge >= 0.3 is 0 Å². The molecule has 5 nitrogen and oxygen atoms in total. The van der Waals surface area contributed by atoms with E-state index in [-0.39, 0.29) is 11.8 Å². The molecule has 3 heterocycles. The van der Waals surface area contributed by atoms with Gasteiger partial charge in [-0.3, -0.25) is 9.59 Å². The van der Waals surface area contributed by atoms with E-state index in [9.17, 15) is 9.59 Å². The molecule has 2 saturated heterocycles. The maximum Gasteiger partial charge on any atom is 0.253 e. The van der Waals surface area contributed by atoms with E-state index < -0.39 is 0 Å². The Morgan fingerprint density at radius 3 is 2.59 bits per heavy atom. The van der Waals surface area contributed by atoms with E-state index in [1.165, 1.54) is 32.1 Å². The number of nitrogens with one attached hydrogen (secondary N) is 2. The number of aromatic amines is 1. The fourth-order valence-electron chi connectivity index (χ4n) is 5.87. The predicted octanol–water partition coefficient (Wildman–Crippen LogP) is 3.32. The van der Waals surface area contributed by atoms with Gasteiger partial charge in [0.1, 0.15) is 0 Å². The van der Waals surface area contributed by atoms with E-state index in [1.807, 2.05) is 24.3 Å². The average molecular weight is 365 g/mol. The summed E-state index contributed by atoms with van der Waals surface area (Å²) in [6, 6.07) is 8.21. The van der Waals surface area contributed by atoms with Crippen LogP contribution in [0.5, 0.6) is 0 Å². The number of H-pyrrole nitrogens is 1. The zero-order valence-corrected chi connectivity index (χ0v) is 15.6. The third-order valence-electron chi connectivity index (χ3n) is 6.89. The summed E-state index contributed by atoms with van der Waals surface area (Å²) in [4.78, 5) is 30.7. The molecule has 4 fully saturated rings. The summed E-state index contributed by atoms with van der Waals surface area (Å²) < 4.78 is 0. The van der Waals surface area contributed by atoms with Crippen molar-refractivity contribution < 1.29 is 9.59 Å². The second-order valence-electron chi connectivity index (χ2n) is 8.73. The summed E-state index contributed by atoms with van der Waals surface area (Å²) in [6.07, 6.45) is 8.54. The van der Waals surface area contributed by atoms with E-state index in [4.69, 9.17) is 0 Å². The molecular weight excluding hydrogens is 338 g/mol. The monoisotopic (exact) mass is 365 g/mol. The van der Waals surface area contributed by atoms with E-state index in [1.54, 1.807) is 6.20 Å². The SMILES string of the molecule is O=C(NCCC(=O)N1CC2C[C@@H]3CC1C[C@H](C2)C3)c1c[nH]c2ccccc12. The second-order valence-corrected chi connectivity index (χ2v) is 8.73. The Morgan fingerprint density at radius 1 is 1.04 bits per heavy atom. The van der Waals surface area contributed by atoms with Crippen molar-refractivity contribution in [1.82, 2.24) is 15.2 Å². The maximum absolute atomic E-state index is 12.9. The minimum absolute atomic E-state index is 0.115. The quantitative estimate of drug-likeness (QED) is 0.873. The van der Waals surface area contributed by atoms with Crippen molar-refractivity contribution in [3.63, 3.8) is 0 Å². The molecule has 4 atom stereocenters. The number of hydrogen-bond acceptors (Lipinski definition) is 2. The van der Waals surface area contributed by atoms with Crippen LogP contribution in [0.3, 0.4) is 0 Å². The molecule has 0 spiro atoms. The van der Waals surface area contributed by atoms with Crippen LogP contribution in [0.25, 0.3) is 10.9 Å². The van der Waals surface area contributed by atoms with E-state index in [0.717, 1.165) is 29.3 Å². The molecule has 142 valence electrons. The lowest BCUT2D eigenvalue weighted by Gasteiger charge is -2.39. The summed E-state index contributed by atoms with van der Waals surface area (Å²) in [6.45, 7) is 1.34. The van der Waals surface area contributed by atoms with Gasteiger partial charge < -0.3 is 15.2 Å². The Kier molecular flexibility index (Phi) is 4.18. The van der Waals surface area contributed by atoms with Gasteiger partial charge in [-0.15, -0.1) is 0 Å². The maximum atomic E-state index is 12.9. The highest BCUT2D eigenvalue weighted by Gasteiger charge is 2.43. The number of carbonyl (C=O) groups is 2. The predicted molar refractivity (Wildman–Crippen MR) is 104 cm³/mol. The molecule has 1 aromatic carbocycles. The average Bonchev–Trinajstić information content (AvgIpc) is 2.99. The van der Waals surface area contributed by atoms with Crippen molar-refractivity contribution in [2.75, 3.05) is 13.1 Å². The molecule has 2 aromatic rings. The Morgan fingerprint density at radius 2 is 1.78 bits per heavy atom. The first-order chi connectivity index (χ1) is 13.2. The highest BCUT2D eigenvalue weighted by atomic mass is 16.2. The van der Waals surface area contributed by atoms with Gasteiger partial charge in [-0.05, 0) is 55.9 Å². The van der Waals surface area contributed by atoms with Crippen molar-refractivity contribution in [1.29, 1.82) is 0 Å². The molecule has 2 N–H and O–H groups in total. The van der Waals surface area contributed by atoms with Crippen molar-refractivity contribution >= 4 is 22.7 Å². The fourth-order valence-corrected chi connectivity index (χ4v) is 5.87. The molecule has 5 heteroatoms. The van der Waals surface area contributed by atoms with Gasteiger partial charge in [-0.25, -0.2) is 0 Å². The summed E-state index contributed by atoms with van der Waals surface area (Å²) in [7, 11) is 0. The topological polar surface area (TPSA) is 65.2 Å². The molecule has 1 aromatic heterocycles. The van der Waals surface area contributed by atoms with Crippen LogP contribution in [0, 0.1) is 17.8 Å². The Balaban J connectivity index is 1.19. The number of carbonyl (C=O) groups excluding carboxylic acids is 2. The van der Waals surface area contributed by atoms with Gasteiger partial charge in [0.15, 0.2) is 0 Å². The normalized spacial score (nSPS) is 29.1. The molecule has 2 amide bonds. The molecule has 4 bridgehead atoms. The third-order valence-corrected chi connectivity index (χ3v) is 6.89. The minimum Gasteiger partial charge on any atom is -0.360 e. The van der Waals surface area contributed by atoms with Gasteiger partial charge in [0, 0.05) is 42.7 Å². The summed E-state index contributed by atoms with van der Waals surface area (Å²) in [5.41, 5.74) is 1.60. The zero-order chi connectivity index (χ0) is 18.4. The molecule has 27 heavy (non-hydrogen) atoms. The van der Waals surface area contributed by atoms with Gasteiger partial charge in [0.2, 0.25) is 5.91 Å². The standard InChI is InChI=1S/C22H27N3O2/c26-21(25-13-16-8-14-7-15(9-16)11-17(25)10-14)5-6-23-22(27)19-12-24-20-4-2-1-3-18(19)20/h1-4,12,14-17,24H,5-11,13H2,(H,23,27)/t14-,15+,16?,17?. The number of amides is 2. The van der Waals surface area contributed by atoms with Crippen molar-refractivity contribution in [3.8, 4) is 0 Å². The van der Waals surface area contributed by atoms with Gasteiger partial charge in [-0.2, -0.15) is 0 Å². The lowest BCUT2D eigenvalue weighted by atomic mass is 9.68. The van der Waals surface area contributed by atoms with Crippen molar-refractivity contribution in [2.45, 2.75) is 44.6 Å². The van der Waals surface area contributed by atoms with Crippen molar-refractivity contribution in [3.05, 3.63) is 36.0 Å². The summed E-state index contributed by atoms with van der Waals surface area (Å²) >= 11 is 0. The number of benzene rings is 1. The molecule has 2 aliphatic carbocycles. The lowest BCUT2D eigenvalue weighted by Crippen LogP contribution is -2.43. The van der Waals surface area contributed by atoms with E-state index >= 15 is 0 Å². The van der Waals surface area contributed by atoms with Crippen molar-refractivity contribution in [2.24, 2.45) is 17.8 Å². The van der Waals surface area contributed by atoms with Crippen LogP contribution in [0.2, 0.25) is 0 Å². The molecule has 0 radical (unpaired) electrons. The van der Waals surface area contributed by atoms with Gasteiger partial charge in [0.05, 0.1) is 5.56 Å². The first-order valence-electron chi connectivity index (χ1n) is 10.3. The van der Waals surface area contributed by atoms with Crippen LogP contribution in [0.4, 0.5) is 0 Å². The summed E-state index contributed by atoms with van der Waals surface area (Å²) in [5, 5.41) is 3.85. The Labute approximate surface area is 159 Å². The fraction of sp³-hybridized carbons (Fsp3) is 0.545. The van der Waals surface area contributed by atoms with Gasteiger partial charge in [0.25, 0.3) is 5.91 Å². The van der Waals surface area contributed by atoms with Crippen LogP contribution in [0.1, 0.15) is 48.9 Å². The van der Waals surface area contributed by atoms with Gasteiger partial charge in [-0.1, -0.05) is 18.2 Å². The first kappa shape index (κ1) is 16.8.